The molecule has 0 unspecified atom stereocenters. The molecule has 1 aromatic carbocycles. The first-order valence-corrected chi connectivity index (χ1v) is 6.52. The number of nitrogens with zero attached hydrogens (tertiary/aromatic N) is 1. The highest BCUT2D eigenvalue weighted by Gasteiger charge is 1.99. The number of rotatable bonds is 5. The van der Waals surface area contributed by atoms with Crippen LogP contribution in [0.15, 0.2) is 55.0 Å². The smallest absolute Gasteiger partial charge is 0.319 e. The Morgan fingerprint density at radius 2 is 2.14 bits per heavy atom. The van der Waals surface area contributed by atoms with E-state index >= 15 is 0 Å². The van der Waals surface area contributed by atoms with Crippen molar-refractivity contribution < 1.29 is 9.53 Å². The van der Waals surface area contributed by atoms with Crippen LogP contribution in [0.25, 0.3) is 6.08 Å². The summed E-state index contributed by atoms with van der Waals surface area (Å²) in [5, 5.41) is 5.39. The van der Waals surface area contributed by atoms with E-state index in [4.69, 9.17) is 4.74 Å². The van der Waals surface area contributed by atoms with Crippen molar-refractivity contribution in [3.8, 4) is 5.75 Å². The normalized spacial score (nSPS) is 10.3. The molecule has 0 fully saturated rings. The van der Waals surface area contributed by atoms with Crippen molar-refractivity contribution in [3.05, 3.63) is 66.1 Å². The average Bonchev–Trinajstić information content (AvgIpc) is 2.54. The molecule has 0 atom stereocenters. The summed E-state index contributed by atoms with van der Waals surface area (Å²) in [5.41, 5.74) is 1.84. The fraction of sp³-hybridized carbons (Fsp3) is 0.125. The molecule has 0 saturated heterocycles. The maximum absolute atomic E-state index is 11.6. The number of carbonyl (C=O) groups is 1. The van der Waals surface area contributed by atoms with E-state index in [-0.39, 0.29) is 6.03 Å². The number of benzene rings is 1. The van der Waals surface area contributed by atoms with E-state index in [1.54, 1.807) is 31.8 Å². The number of amides is 2. The maximum Gasteiger partial charge on any atom is 0.319 e. The van der Waals surface area contributed by atoms with Crippen LogP contribution < -0.4 is 15.4 Å². The van der Waals surface area contributed by atoms with Gasteiger partial charge in [-0.1, -0.05) is 24.3 Å². The minimum absolute atomic E-state index is 0.273. The molecule has 0 saturated carbocycles. The van der Waals surface area contributed by atoms with Crippen LogP contribution in [-0.2, 0) is 6.54 Å². The number of pyridine rings is 1. The van der Waals surface area contributed by atoms with Gasteiger partial charge in [0, 0.05) is 30.7 Å². The fourth-order valence-electron chi connectivity index (χ4n) is 1.75. The molecule has 5 heteroatoms. The Bertz CT molecular complexity index is 612. The highest BCUT2D eigenvalue weighted by atomic mass is 16.5. The molecule has 5 nitrogen and oxygen atoms in total. The molecule has 1 heterocycles. The lowest BCUT2D eigenvalue weighted by Crippen LogP contribution is -2.31. The molecule has 0 aliphatic carbocycles. The molecule has 2 aromatic rings. The molecule has 2 amide bonds. The zero-order valence-corrected chi connectivity index (χ0v) is 11.7. The van der Waals surface area contributed by atoms with E-state index in [9.17, 15) is 4.79 Å². The van der Waals surface area contributed by atoms with Gasteiger partial charge in [-0.2, -0.15) is 0 Å². The summed E-state index contributed by atoms with van der Waals surface area (Å²) in [4.78, 5) is 15.6. The average molecular weight is 283 g/mol. The summed E-state index contributed by atoms with van der Waals surface area (Å²) in [7, 11) is 1.61. The van der Waals surface area contributed by atoms with Gasteiger partial charge in [0.15, 0.2) is 0 Å². The van der Waals surface area contributed by atoms with Gasteiger partial charge in [-0.15, -0.1) is 0 Å². The molecule has 1 aromatic heterocycles. The molecular formula is C16H17N3O2. The van der Waals surface area contributed by atoms with Crippen LogP contribution in [0.4, 0.5) is 4.79 Å². The van der Waals surface area contributed by atoms with Crippen molar-refractivity contribution >= 4 is 12.1 Å². The summed E-state index contributed by atoms with van der Waals surface area (Å²) in [6.07, 6.45) is 6.77. The molecule has 21 heavy (non-hydrogen) atoms. The third kappa shape index (κ3) is 4.65. The summed E-state index contributed by atoms with van der Waals surface area (Å²) in [5.74, 6) is 0.756. The second-order valence-electron chi connectivity index (χ2n) is 4.26. The summed E-state index contributed by atoms with van der Waals surface area (Å²) in [6, 6.07) is 11.0. The van der Waals surface area contributed by atoms with Gasteiger partial charge in [-0.05, 0) is 23.8 Å². The molecule has 2 N–H and O–H groups in total. The van der Waals surface area contributed by atoms with Crippen molar-refractivity contribution in [2.75, 3.05) is 7.11 Å². The van der Waals surface area contributed by atoms with Crippen molar-refractivity contribution in [2.24, 2.45) is 0 Å². The van der Waals surface area contributed by atoms with Crippen molar-refractivity contribution in [3.63, 3.8) is 0 Å². The number of methoxy groups -OCH3 is 1. The first-order valence-electron chi connectivity index (χ1n) is 6.52. The van der Waals surface area contributed by atoms with Crippen LogP contribution >= 0.6 is 0 Å². The van der Waals surface area contributed by atoms with E-state index < -0.39 is 0 Å². The Morgan fingerprint density at radius 1 is 1.29 bits per heavy atom. The summed E-state index contributed by atoms with van der Waals surface area (Å²) < 4.78 is 5.22. The number of ether oxygens (including phenoxy) is 1. The second kappa shape index (κ2) is 7.69. The Hall–Kier alpha value is -2.82. The number of hydrogen-bond acceptors (Lipinski definition) is 3. The minimum Gasteiger partial charge on any atom is -0.496 e. The second-order valence-corrected chi connectivity index (χ2v) is 4.26. The highest BCUT2D eigenvalue weighted by Crippen LogP contribution is 2.18. The van der Waals surface area contributed by atoms with Crippen LogP contribution in [0.5, 0.6) is 5.75 Å². The van der Waals surface area contributed by atoms with Crippen LogP contribution in [0.1, 0.15) is 11.1 Å². The Kier molecular flexibility index (Phi) is 5.34. The number of aromatic nitrogens is 1. The lowest BCUT2D eigenvalue weighted by molar-refractivity contribution is 0.244. The van der Waals surface area contributed by atoms with Gasteiger partial charge in [0.1, 0.15) is 5.75 Å². The van der Waals surface area contributed by atoms with Gasteiger partial charge in [0.2, 0.25) is 0 Å². The van der Waals surface area contributed by atoms with Crippen LogP contribution in [0.2, 0.25) is 0 Å². The fourth-order valence-corrected chi connectivity index (χ4v) is 1.75. The van der Waals surface area contributed by atoms with Crippen molar-refractivity contribution in [1.82, 2.24) is 15.6 Å². The monoisotopic (exact) mass is 283 g/mol. The minimum atomic E-state index is -0.273. The molecule has 0 aliphatic heterocycles. The quantitative estimate of drug-likeness (QED) is 0.886. The van der Waals surface area contributed by atoms with Crippen molar-refractivity contribution in [1.29, 1.82) is 0 Å². The van der Waals surface area contributed by atoms with Gasteiger partial charge in [-0.25, -0.2) is 4.79 Å². The first-order chi connectivity index (χ1) is 10.3. The van der Waals surface area contributed by atoms with Gasteiger partial charge < -0.3 is 15.4 Å². The lowest BCUT2D eigenvalue weighted by atomic mass is 10.2. The predicted molar refractivity (Wildman–Crippen MR) is 81.6 cm³/mol. The number of nitrogens with one attached hydrogen (secondary N) is 2. The molecule has 2 rings (SSSR count). The van der Waals surface area contributed by atoms with Gasteiger partial charge in [0.25, 0.3) is 0 Å². The van der Waals surface area contributed by atoms with Crippen LogP contribution in [0, 0.1) is 0 Å². The van der Waals surface area contributed by atoms with Crippen LogP contribution in [0.3, 0.4) is 0 Å². The standard InChI is InChI=1S/C16H17N3O2/c1-21-15-7-3-2-6-14(15)8-10-18-16(20)19-12-13-5-4-9-17-11-13/h2-11H,12H2,1H3,(H2,18,19,20)/b10-8+. The molecular weight excluding hydrogens is 266 g/mol. The van der Waals surface area contributed by atoms with Gasteiger partial charge >= 0.3 is 6.03 Å². The Balaban J connectivity index is 1.82. The highest BCUT2D eigenvalue weighted by molar-refractivity contribution is 5.76. The zero-order chi connectivity index (χ0) is 14.9. The number of hydrogen-bond donors (Lipinski definition) is 2. The molecule has 0 radical (unpaired) electrons. The van der Waals surface area contributed by atoms with Gasteiger partial charge in [-0.3, -0.25) is 4.98 Å². The third-order valence-electron chi connectivity index (χ3n) is 2.79. The molecule has 0 spiro atoms. The van der Waals surface area contributed by atoms with E-state index in [1.165, 1.54) is 0 Å². The number of urea groups is 1. The lowest BCUT2D eigenvalue weighted by Gasteiger charge is -2.05. The Labute approximate surface area is 123 Å². The zero-order valence-electron chi connectivity index (χ0n) is 11.7. The first kappa shape index (κ1) is 14.6. The van der Waals surface area contributed by atoms with Crippen LogP contribution in [-0.4, -0.2) is 18.1 Å². The van der Waals surface area contributed by atoms with E-state index in [0.717, 1.165) is 16.9 Å². The predicted octanol–water partition coefficient (Wildman–Crippen LogP) is 2.56. The Morgan fingerprint density at radius 3 is 2.90 bits per heavy atom. The summed E-state index contributed by atoms with van der Waals surface area (Å²) >= 11 is 0. The molecule has 0 aliphatic rings. The number of para-hydroxylation sites is 1. The third-order valence-corrected chi connectivity index (χ3v) is 2.79. The number of carbonyl (C=O) groups excluding carboxylic acids is 1. The maximum atomic E-state index is 11.6. The van der Waals surface area contributed by atoms with E-state index in [2.05, 4.69) is 15.6 Å². The summed E-state index contributed by atoms with van der Waals surface area (Å²) in [6.45, 7) is 0.433. The van der Waals surface area contributed by atoms with E-state index in [0.29, 0.717) is 6.54 Å². The van der Waals surface area contributed by atoms with Crippen molar-refractivity contribution in [2.45, 2.75) is 6.54 Å². The molecule has 108 valence electrons. The topological polar surface area (TPSA) is 63.2 Å². The molecule has 0 bridgehead atoms. The van der Waals surface area contributed by atoms with Gasteiger partial charge in [0.05, 0.1) is 7.11 Å². The van der Waals surface area contributed by atoms with E-state index in [1.807, 2.05) is 36.4 Å². The largest absolute Gasteiger partial charge is 0.496 e. The SMILES string of the molecule is COc1ccccc1/C=C/NC(=O)NCc1cccnc1.